The molecule has 2 atom stereocenters. The lowest BCUT2D eigenvalue weighted by atomic mass is 9.69. The summed E-state index contributed by atoms with van der Waals surface area (Å²) in [6.07, 6.45) is 1.87. The normalized spacial score (nSPS) is 24.9. The van der Waals surface area contributed by atoms with Crippen molar-refractivity contribution in [2.45, 2.75) is 78.4 Å². The molecule has 27 heavy (non-hydrogen) atoms. The number of benzene rings is 1. The molecule has 0 saturated heterocycles. The Hall–Kier alpha value is -2.10. The largest absolute Gasteiger partial charge is 0.458 e. The van der Waals surface area contributed by atoms with Gasteiger partial charge in [-0.3, -0.25) is 4.79 Å². The number of aryl methyl sites for hydroxylation is 1. The van der Waals surface area contributed by atoms with E-state index < -0.39 is 11.6 Å². The number of carbonyl (C=O) groups is 2. The van der Waals surface area contributed by atoms with Gasteiger partial charge in [-0.15, -0.1) is 0 Å². The first-order valence-electron chi connectivity index (χ1n) is 9.77. The average Bonchev–Trinajstić information content (AvgIpc) is 2.51. The van der Waals surface area contributed by atoms with Crippen molar-refractivity contribution in [1.82, 2.24) is 5.32 Å². The fourth-order valence-corrected chi connectivity index (χ4v) is 4.12. The van der Waals surface area contributed by atoms with E-state index in [0.29, 0.717) is 12.8 Å². The van der Waals surface area contributed by atoms with Gasteiger partial charge in [0.15, 0.2) is 5.78 Å². The lowest BCUT2D eigenvalue weighted by Gasteiger charge is -2.41. The van der Waals surface area contributed by atoms with E-state index in [1.54, 1.807) is 0 Å². The SMILES string of the molecule is Cc1ccc([C@@H]2C[C@@H](C(=O)OC(C)(C)C)NC3=C2C(=O)CC(C)(C)C3)cc1. The Kier molecular flexibility index (Phi) is 4.96. The molecule has 0 bridgehead atoms. The summed E-state index contributed by atoms with van der Waals surface area (Å²) in [4.78, 5) is 25.8. The number of nitrogens with one attached hydrogen (secondary N) is 1. The Morgan fingerprint density at radius 2 is 1.78 bits per heavy atom. The van der Waals surface area contributed by atoms with Gasteiger partial charge in [-0.1, -0.05) is 43.7 Å². The Balaban J connectivity index is 2.00. The van der Waals surface area contributed by atoms with Crippen LogP contribution in [0.1, 0.15) is 70.9 Å². The third-order valence-corrected chi connectivity index (χ3v) is 5.26. The van der Waals surface area contributed by atoms with Crippen molar-refractivity contribution in [3.63, 3.8) is 0 Å². The maximum absolute atomic E-state index is 13.0. The van der Waals surface area contributed by atoms with Crippen molar-refractivity contribution in [2.24, 2.45) is 5.41 Å². The molecule has 0 unspecified atom stereocenters. The van der Waals surface area contributed by atoms with Gasteiger partial charge in [0, 0.05) is 23.6 Å². The van der Waals surface area contributed by atoms with Crippen LogP contribution in [0, 0.1) is 12.3 Å². The molecule has 4 heteroatoms. The van der Waals surface area contributed by atoms with Crippen LogP contribution in [0.15, 0.2) is 35.5 Å². The number of allylic oxidation sites excluding steroid dienone is 2. The standard InChI is InChI=1S/C23H31NO3/c1-14-7-9-15(10-8-14)16-11-17(21(26)27-22(2,3)4)24-18-12-23(5,6)13-19(25)20(16)18/h7-10,16-17,24H,11-13H2,1-6H3/t16-,17-/m0/s1. The van der Waals surface area contributed by atoms with Gasteiger partial charge < -0.3 is 10.1 Å². The lowest BCUT2D eigenvalue weighted by molar-refractivity contribution is -0.158. The lowest BCUT2D eigenvalue weighted by Crippen LogP contribution is -2.48. The Bertz CT molecular complexity index is 781. The fraction of sp³-hybridized carbons (Fsp3) is 0.565. The number of Topliss-reactive ketones (excluding diaryl/α,β-unsaturated/α-hetero) is 1. The van der Waals surface area contributed by atoms with Gasteiger partial charge in [0.1, 0.15) is 11.6 Å². The topological polar surface area (TPSA) is 55.4 Å². The van der Waals surface area contributed by atoms with Gasteiger partial charge >= 0.3 is 5.97 Å². The van der Waals surface area contributed by atoms with E-state index >= 15 is 0 Å². The number of rotatable bonds is 2. The zero-order valence-electron chi connectivity index (χ0n) is 17.3. The summed E-state index contributed by atoms with van der Waals surface area (Å²) in [5.41, 5.74) is 3.42. The molecule has 2 aliphatic rings. The molecule has 1 aromatic carbocycles. The van der Waals surface area contributed by atoms with Crippen LogP contribution in [0.4, 0.5) is 0 Å². The zero-order chi connectivity index (χ0) is 20.0. The first-order valence-corrected chi connectivity index (χ1v) is 9.77. The van der Waals surface area contributed by atoms with Crippen molar-refractivity contribution in [3.05, 3.63) is 46.7 Å². The van der Waals surface area contributed by atoms with E-state index in [2.05, 4.69) is 50.4 Å². The first kappa shape index (κ1) is 19.7. The van der Waals surface area contributed by atoms with Crippen LogP contribution >= 0.6 is 0 Å². The number of ketones is 1. The quantitative estimate of drug-likeness (QED) is 0.784. The van der Waals surface area contributed by atoms with Crippen LogP contribution in [0.3, 0.4) is 0 Å². The molecule has 0 radical (unpaired) electrons. The maximum Gasteiger partial charge on any atom is 0.329 e. The van der Waals surface area contributed by atoms with Crippen LogP contribution in [0.25, 0.3) is 0 Å². The third-order valence-electron chi connectivity index (χ3n) is 5.26. The zero-order valence-corrected chi connectivity index (χ0v) is 17.3. The van der Waals surface area contributed by atoms with E-state index in [1.807, 2.05) is 20.8 Å². The third kappa shape index (κ3) is 4.42. The predicted molar refractivity (Wildman–Crippen MR) is 106 cm³/mol. The number of hydrogen-bond donors (Lipinski definition) is 1. The van der Waals surface area contributed by atoms with Gasteiger partial charge in [-0.25, -0.2) is 4.79 Å². The molecule has 1 N–H and O–H groups in total. The summed E-state index contributed by atoms with van der Waals surface area (Å²) in [5, 5.41) is 3.36. The monoisotopic (exact) mass is 369 g/mol. The summed E-state index contributed by atoms with van der Waals surface area (Å²) in [6, 6.07) is 7.86. The number of hydrogen-bond acceptors (Lipinski definition) is 4. The maximum atomic E-state index is 13.0. The van der Waals surface area contributed by atoms with Crippen molar-refractivity contribution in [1.29, 1.82) is 0 Å². The Morgan fingerprint density at radius 3 is 2.37 bits per heavy atom. The first-order chi connectivity index (χ1) is 12.5. The highest BCUT2D eigenvalue weighted by atomic mass is 16.6. The number of esters is 1. The summed E-state index contributed by atoms with van der Waals surface area (Å²) in [6.45, 7) is 11.9. The van der Waals surface area contributed by atoms with E-state index in [0.717, 1.165) is 23.3 Å². The molecule has 3 rings (SSSR count). The second-order valence-electron chi connectivity index (χ2n) is 9.76. The van der Waals surface area contributed by atoms with Gasteiger partial charge in [0.05, 0.1) is 0 Å². The predicted octanol–water partition coefficient (Wildman–Crippen LogP) is 4.43. The minimum Gasteiger partial charge on any atom is -0.458 e. The highest BCUT2D eigenvalue weighted by Gasteiger charge is 2.43. The Morgan fingerprint density at radius 1 is 1.15 bits per heavy atom. The Labute approximate surface area is 162 Å². The molecule has 1 aliphatic carbocycles. The summed E-state index contributed by atoms with van der Waals surface area (Å²) < 4.78 is 5.63. The second kappa shape index (κ2) is 6.81. The van der Waals surface area contributed by atoms with Gasteiger partial charge in [0.2, 0.25) is 0 Å². The summed E-state index contributed by atoms with van der Waals surface area (Å²) >= 11 is 0. The molecule has 1 aliphatic heterocycles. The van der Waals surface area contributed by atoms with Crippen molar-refractivity contribution in [3.8, 4) is 0 Å². The molecule has 1 heterocycles. The summed E-state index contributed by atoms with van der Waals surface area (Å²) in [5.74, 6) is -0.119. The molecule has 146 valence electrons. The molecular formula is C23H31NO3. The van der Waals surface area contributed by atoms with Crippen LogP contribution in [-0.2, 0) is 14.3 Å². The van der Waals surface area contributed by atoms with E-state index in [1.165, 1.54) is 5.56 Å². The van der Waals surface area contributed by atoms with Gasteiger partial charge in [-0.05, 0) is 51.5 Å². The highest BCUT2D eigenvalue weighted by Crippen LogP contribution is 2.45. The van der Waals surface area contributed by atoms with Gasteiger partial charge in [-0.2, -0.15) is 0 Å². The second-order valence-corrected chi connectivity index (χ2v) is 9.76. The number of ether oxygens (including phenoxy) is 1. The van der Waals surface area contributed by atoms with Crippen molar-refractivity contribution in [2.75, 3.05) is 0 Å². The van der Waals surface area contributed by atoms with Gasteiger partial charge in [0.25, 0.3) is 0 Å². The fourth-order valence-electron chi connectivity index (χ4n) is 4.12. The van der Waals surface area contributed by atoms with Crippen molar-refractivity contribution >= 4 is 11.8 Å². The molecule has 4 nitrogen and oxygen atoms in total. The van der Waals surface area contributed by atoms with Crippen LogP contribution in [0.2, 0.25) is 0 Å². The van der Waals surface area contributed by atoms with Crippen LogP contribution in [-0.4, -0.2) is 23.4 Å². The molecule has 0 spiro atoms. The molecule has 0 fully saturated rings. The minimum atomic E-state index is -0.533. The van der Waals surface area contributed by atoms with Crippen LogP contribution in [0.5, 0.6) is 0 Å². The smallest absolute Gasteiger partial charge is 0.329 e. The van der Waals surface area contributed by atoms with E-state index in [9.17, 15) is 9.59 Å². The molecular weight excluding hydrogens is 338 g/mol. The summed E-state index contributed by atoms with van der Waals surface area (Å²) in [7, 11) is 0. The van der Waals surface area contributed by atoms with Crippen molar-refractivity contribution < 1.29 is 14.3 Å². The molecule has 0 amide bonds. The highest BCUT2D eigenvalue weighted by molar-refractivity contribution is 5.99. The molecule has 1 aromatic rings. The molecule has 0 saturated carbocycles. The average molecular weight is 370 g/mol. The van der Waals surface area contributed by atoms with E-state index in [-0.39, 0.29) is 23.1 Å². The van der Waals surface area contributed by atoms with Crippen LogP contribution < -0.4 is 5.32 Å². The number of carbonyl (C=O) groups excluding carboxylic acids is 2. The minimum absolute atomic E-state index is 0.0667. The van der Waals surface area contributed by atoms with E-state index in [4.69, 9.17) is 4.74 Å². The molecule has 0 aromatic heterocycles.